The van der Waals surface area contributed by atoms with Crippen molar-refractivity contribution in [1.82, 2.24) is 14.9 Å². The van der Waals surface area contributed by atoms with Crippen LogP contribution < -0.4 is 5.32 Å². The van der Waals surface area contributed by atoms with E-state index >= 15 is 0 Å². The highest BCUT2D eigenvalue weighted by molar-refractivity contribution is 5.83. The van der Waals surface area contributed by atoms with Crippen LogP contribution in [0.25, 0.3) is 22.2 Å². The van der Waals surface area contributed by atoms with Gasteiger partial charge in [-0.3, -0.25) is 9.78 Å². The van der Waals surface area contributed by atoms with E-state index in [9.17, 15) is 4.79 Å². The summed E-state index contributed by atoms with van der Waals surface area (Å²) in [6.07, 6.45) is 7.06. The molecule has 0 saturated carbocycles. The van der Waals surface area contributed by atoms with Crippen molar-refractivity contribution in [3.63, 3.8) is 0 Å². The Balaban J connectivity index is 1.41. The minimum absolute atomic E-state index is 0.0373. The van der Waals surface area contributed by atoms with Gasteiger partial charge < -0.3 is 14.3 Å². The molecule has 0 saturated heterocycles. The van der Waals surface area contributed by atoms with Crippen molar-refractivity contribution in [2.24, 2.45) is 0 Å². The Bertz CT molecular complexity index is 1000. The molecule has 3 aromatic heterocycles. The molecule has 1 N–H and O–H groups in total. The molecule has 0 fully saturated rings. The van der Waals surface area contributed by atoms with Crippen molar-refractivity contribution in [1.29, 1.82) is 0 Å². The number of hydrogen-bond acceptors (Lipinski definition) is 3. The predicted molar refractivity (Wildman–Crippen MR) is 95.7 cm³/mol. The van der Waals surface area contributed by atoms with Crippen molar-refractivity contribution < 1.29 is 9.21 Å². The molecule has 0 atom stereocenters. The molecule has 0 spiro atoms. The lowest BCUT2D eigenvalue weighted by molar-refractivity contribution is -0.121. The molecule has 3 heterocycles. The number of nitrogens with zero attached hydrogens (tertiary/aromatic N) is 2. The van der Waals surface area contributed by atoms with Crippen LogP contribution in [-0.4, -0.2) is 15.5 Å². The fourth-order valence-electron chi connectivity index (χ4n) is 2.85. The Labute approximate surface area is 144 Å². The summed E-state index contributed by atoms with van der Waals surface area (Å²) in [7, 11) is 0. The summed E-state index contributed by atoms with van der Waals surface area (Å²) in [6.45, 7) is 0.721. The standard InChI is InChI=1S/C20H17N3O2/c24-20(14-23-8-7-16-4-1-2-5-18(16)23)22-12-15-10-17(13-21-11-15)19-6-3-9-25-19/h1-11,13H,12,14H2,(H,22,24). The first-order valence-corrected chi connectivity index (χ1v) is 8.08. The molecule has 0 bridgehead atoms. The lowest BCUT2D eigenvalue weighted by atomic mass is 10.1. The summed E-state index contributed by atoms with van der Waals surface area (Å²) >= 11 is 0. The second-order valence-corrected chi connectivity index (χ2v) is 5.84. The summed E-state index contributed by atoms with van der Waals surface area (Å²) in [6, 6.07) is 15.7. The van der Waals surface area contributed by atoms with E-state index in [1.807, 2.05) is 59.3 Å². The molecule has 1 aromatic carbocycles. The van der Waals surface area contributed by atoms with E-state index < -0.39 is 0 Å². The number of amides is 1. The van der Waals surface area contributed by atoms with E-state index in [0.29, 0.717) is 13.1 Å². The molecule has 5 heteroatoms. The minimum atomic E-state index is -0.0373. The number of benzene rings is 1. The van der Waals surface area contributed by atoms with Crippen molar-refractivity contribution >= 4 is 16.8 Å². The largest absolute Gasteiger partial charge is 0.464 e. The van der Waals surface area contributed by atoms with Gasteiger partial charge in [0.1, 0.15) is 12.3 Å². The van der Waals surface area contributed by atoms with Gasteiger partial charge in [0.15, 0.2) is 0 Å². The first kappa shape index (κ1) is 15.2. The molecule has 25 heavy (non-hydrogen) atoms. The molecular formula is C20H17N3O2. The van der Waals surface area contributed by atoms with Crippen LogP contribution in [0.2, 0.25) is 0 Å². The summed E-state index contributed by atoms with van der Waals surface area (Å²) in [5, 5.41) is 4.07. The Morgan fingerprint density at radius 1 is 1.12 bits per heavy atom. The van der Waals surface area contributed by atoms with Crippen molar-refractivity contribution in [3.8, 4) is 11.3 Å². The van der Waals surface area contributed by atoms with Gasteiger partial charge in [-0.15, -0.1) is 0 Å². The third-order valence-corrected chi connectivity index (χ3v) is 4.08. The number of para-hydroxylation sites is 1. The van der Waals surface area contributed by atoms with Gasteiger partial charge in [-0.2, -0.15) is 0 Å². The van der Waals surface area contributed by atoms with Gasteiger partial charge in [0.05, 0.1) is 6.26 Å². The van der Waals surface area contributed by atoms with Crippen molar-refractivity contribution in [2.45, 2.75) is 13.1 Å². The lowest BCUT2D eigenvalue weighted by Crippen LogP contribution is -2.26. The molecule has 0 aliphatic rings. The molecule has 1 amide bonds. The highest BCUT2D eigenvalue weighted by Crippen LogP contribution is 2.19. The summed E-state index contributed by atoms with van der Waals surface area (Å²) in [4.78, 5) is 16.5. The third kappa shape index (κ3) is 3.30. The minimum Gasteiger partial charge on any atom is -0.464 e. The van der Waals surface area contributed by atoms with E-state index in [4.69, 9.17) is 4.42 Å². The summed E-state index contributed by atoms with van der Waals surface area (Å²) < 4.78 is 7.33. The van der Waals surface area contributed by atoms with Gasteiger partial charge in [-0.05, 0) is 41.3 Å². The van der Waals surface area contributed by atoms with E-state index in [2.05, 4.69) is 10.3 Å². The lowest BCUT2D eigenvalue weighted by Gasteiger charge is -2.08. The van der Waals surface area contributed by atoms with Crippen LogP contribution in [0.5, 0.6) is 0 Å². The molecule has 124 valence electrons. The number of rotatable bonds is 5. The number of pyridine rings is 1. The molecule has 0 aliphatic heterocycles. The van der Waals surface area contributed by atoms with Crippen LogP contribution in [0.4, 0.5) is 0 Å². The second-order valence-electron chi connectivity index (χ2n) is 5.84. The van der Waals surface area contributed by atoms with E-state index in [1.165, 1.54) is 0 Å². The molecule has 0 unspecified atom stereocenters. The van der Waals surface area contributed by atoms with Crippen LogP contribution >= 0.6 is 0 Å². The SMILES string of the molecule is O=C(Cn1ccc2ccccc21)NCc1cncc(-c2ccco2)c1. The van der Waals surface area contributed by atoms with Gasteiger partial charge >= 0.3 is 0 Å². The quantitative estimate of drug-likeness (QED) is 0.608. The molecule has 0 aliphatic carbocycles. The molecular weight excluding hydrogens is 314 g/mol. The Kier molecular flexibility index (Phi) is 4.04. The number of fused-ring (bicyclic) bond motifs is 1. The van der Waals surface area contributed by atoms with Crippen molar-refractivity contribution in [2.75, 3.05) is 0 Å². The van der Waals surface area contributed by atoms with Crippen LogP contribution in [0.1, 0.15) is 5.56 Å². The smallest absolute Gasteiger partial charge is 0.240 e. The Hall–Kier alpha value is -3.34. The first-order chi connectivity index (χ1) is 12.3. The Morgan fingerprint density at radius 3 is 2.92 bits per heavy atom. The maximum Gasteiger partial charge on any atom is 0.240 e. The number of nitrogens with one attached hydrogen (secondary N) is 1. The third-order valence-electron chi connectivity index (χ3n) is 4.08. The number of furan rings is 1. The van der Waals surface area contributed by atoms with Crippen LogP contribution in [-0.2, 0) is 17.9 Å². The normalized spacial score (nSPS) is 10.9. The van der Waals surface area contributed by atoms with E-state index in [1.54, 1.807) is 18.7 Å². The second kappa shape index (κ2) is 6.65. The average molecular weight is 331 g/mol. The monoisotopic (exact) mass is 331 g/mol. The number of hydrogen-bond donors (Lipinski definition) is 1. The van der Waals surface area contributed by atoms with Gasteiger partial charge in [0, 0.05) is 36.2 Å². The number of carbonyl (C=O) groups excluding carboxylic acids is 1. The van der Waals surface area contributed by atoms with Gasteiger partial charge in [-0.25, -0.2) is 0 Å². The highest BCUT2D eigenvalue weighted by Gasteiger charge is 2.07. The highest BCUT2D eigenvalue weighted by atomic mass is 16.3. The zero-order valence-corrected chi connectivity index (χ0v) is 13.6. The van der Waals surface area contributed by atoms with Crippen molar-refractivity contribution in [3.05, 3.63) is 78.9 Å². The zero-order chi connectivity index (χ0) is 17.1. The van der Waals surface area contributed by atoms with Gasteiger partial charge in [0.2, 0.25) is 5.91 Å². The topological polar surface area (TPSA) is 60.1 Å². The number of carbonyl (C=O) groups is 1. The predicted octanol–water partition coefficient (Wildman–Crippen LogP) is 3.61. The Morgan fingerprint density at radius 2 is 2.04 bits per heavy atom. The zero-order valence-electron chi connectivity index (χ0n) is 13.6. The first-order valence-electron chi connectivity index (χ1n) is 8.08. The van der Waals surface area contributed by atoms with Crippen LogP contribution in [0.3, 0.4) is 0 Å². The van der Waals surface area contributed by atoms with Gasteiger partial charge in [-0.1, -0.05) is 18.2 Å². The maximum absolute atomic E-state index is 12.3. The number of aromatic nitrogens is 2. The maximum atomic E-state index is 12.3. The fourth-order valence-corrected chi connectivity index (χ4v) is 2.85. The average Bonchev–Trinajstić information content (AvgIpc) is 3.31. The molecule has 4 aromatic rings. The fraction of sp³-hybridized carbons (Fsp3) is 0.100. The van der Waals surface area contributed by atoms with E-state index in [-0.39, 0.29) is 5.91 Å². The van der Waals surface area contributed by atoms with Crippen LogP contribution in [0.15, 0.2) is 77.8 Å². The molecule has 4 rings (SSSR count). The summed E-state index contributed by atoms with van der Waals surface area (Å²) in [5.74, 6) is 0.726. The van der Waals surface area contributed by atoms with Crippen LogP contribution in [0, 0.1) is 0 Å². The summed E-state index contributed by atoms with van der Waals surface area (Å²) in [5.41, 5.74) is 2.88. The molecule has 5 nitrogen and oxygen atoms in total. The molecule has 0 radical (unpaired) electrons. The van der Waals surface area contributed by atoms with Gasteiger partial charge in [0.25, 0.3) is 0 Å². The van der Waals surface area contributed by atoms with E-state index in [0.717, 1.165) is 27.8 Å².